The van der Waals surface area contributed by atoms with Crippen LogP contribution in [0.2, 0.25) is 0 Å². The molecule has 0 spiro atoms. The van der Waals surface area contributed by atoms with E-state index in [4.69, 9.17) is 14.2 Å². The van der Waals surface area contributed by atoms with E-state index in [1.165, 1.54) is 12.0 Å². The van der Waals surface area contributed by atoms with Crippen LogP contribution in [0.25, 0.3) is 5.76 Å². The Hall–Kier alpha value is -4.26. The van der Waals surface area contributed by atoms with Crippen molar-refractivity contribution < 1.29 is 28.9 Å². The number of carbonyl (C=O) groups is 2. The minimum atomic E-state index is -0.818. The normalized spacial score (nSPS) is 16.8. The van der Waals surface area contributed by atoms with E-state index in [0.717, 1.165) is 5.56 Å². The molecule has 3 aromatic carbocycles. The third kappa shape index (κ3) is 4.91. The molecule has 1 fully saturated rings. The minimum absolute atomic E-state index is 0.0197. The first-order chi connectivity index (χ1) is 17.5. The van der Waals surface area contributed by atoms with Crippen molar-refractivity contribution in [3.63, 3.8) is 0 Å². The lowest BCUT2D eigenvalue weighted by Crippen LogP contribution is -2.29. The van der Waals surface area contributed by atoms with Crippen LogP contribution < -0.4 is 14.2 Å². The fourth-order valence-corrected chi connectivity index (χ4v) is 4.33. The zero-order valence-corrected chi connectivity index (χ0v) is 20.6. The van der Waals surface area contributed by atoms with Crippen LogP contribution in [0.5, 0.6) is 17.2 Å². The molecule has 7 nitrogen and oxygen atoms in total. The van der Waals surface area contributed by atoms with Crippen molar-refractivity contribution in [2.45, 2.75) is 26.4 Å². The zero-order chi connectivity index (χ0) is 25.7. The van der Waals surface area contributed by atoms with Crippen LogP contribution in [0.4, 0.5) is 0 Å². The number of hydrogen-bond donors (Lipinski definition) is 1. The summed E-state index contributed by atoms with van der Waals surface area (Å²) in [6, 6.07) is 20.6. The van der Waals surface area contributed by atoms with E-state index >= 15 is 0 Å². The lowest BCUT2D eigenvalue weighted by molar-refractivity contribution is -0.140. The highest BCUT2D eigenvalue weighted by Crippen LogP contribution is 2.42. The Balaban J connectivity index is 1.85. The molecule has 0 radical (unpaired) electrons. The summed E-state index contributed by atoms with van der Waals surface area (Å²) in [7, 11) is 1.53. The van der Waals surface area contributed by atoms with E-state index in [0.29, 0.717) is 41.6 Å². The van der Waals surface area contributed by atoms with E-state index in [2.05, 4.69) is 0 Å². The Morgan fingerprint density at radius 2 is 1.58 bits per heavy atom. The van der Waals surface area contributed by atoms with Gasteiger partial charge in [0.1, 0.15) is 11.5 Å². The number of nitrogens with zero attached hydrogens (tertiary/aromatic N) is 1. The maximum Gasteiger partial charge on any atom is 0.295 e. The van der Waals surface area contributed by atoms with Crippen molar-refractivity contribution in [1.82, 2.24) is 4.90 Å². The minimum Gasteiger partial charge on any atom is -0.507 e. The summed E-state index contributed by atoms with van der Waals surface area (Å²) in [5.41, 5.74) is 1.92. The van der Waals surface area contributed by atoms with Crippen LogP contribution in [0.3, 0.4) is 0 Å². The number of amides is 1. The first kappa shape index (κ1) is 24.9. The molecular formula is C29H29NO6. The van der Waals surface area contributed by atoms with Crippen LogP contribution in [-0.2, 0) is 16.1 Å². The van der Waals surface area contributed by atoms with Gasteiger partial charge in [-0.3, -0.25) is 9.59 Å². The number of likely N-dealkylation sites (tertiary alicyclic amines) is 1. The lowest BCUT2D eigenvalue weighted by Gasteiger charge is -2.26. The zero-order valence-electron chi connectivity index (χ0n) is 20.6. The average molecular weight is 488 g/mol. The summed E-state index contributed by atoms with van der Waals surface area (Å²) in [6.07, 6.45) is 0. The Labute approximate surface area is 210 Å². The fraction of sp³-hybridized carbons (Fsp3) is 0.241. The van der Waals surface area contributed by atoms with E-state index in [-0.39, 0.29) is 17.9 Å². The topological polar surface area (TPSA) is 85.3 Å². The van der Waals surface area contributed by atoms with Gasteiger partial charge in [-0.25, -0.2) is 0 Å². The molecule has 1 atom stereocenters. The van der Waals surface area contributed by atoms with Gasteiger partial charge >= 0.3 is 0 Å². The summed E-state index contributed by atoms with van der Waals surface area (Å²) in [5.74, 6) is 0.00605. The monoisotopic (exact) mass is 487 g/mol. The molecule has 0 bridgehead atoms. The van der Waals surface area contributed by atoms with Crippen molar-refractivity contribution in [2.75, 3.05) is 20.3 Å². The van der Waals surface area contributed by atoms with Crippen LogP contribution in [0.15, 0.2) is 78.4 Å². The molecule has 1 saturated heterocycles. The van der Waals surface area contributed by atoms with Gasteiger partial charge in [-0.1, -0.05) is 36.4 Å². The van der Waals surface area contributed by atoms with Gasteiger partial charge in [-0.05, 0) is 61.4 Å². The van der Waals surface area contributed by atoms with Crippen molar-refractivity contribution in [2.24, 2.45) is 0 Å². The largest absolute Gasteiger partial charge is 0.507 e. The first-order valence-corrected chi connectivity index (χ1v) is 11.8. The second-order valence-electron chi connectivity index (χ2n) is 8.21. The van der Waals surface area contributed by atoms with Gasteiger partial charge in [0.15, 0.2) is 11.5 Å². The second kappa shape index (κ2) is 11.0. The fourth-order valence-electron chi connectivity index (χ4n) is 4.33. The predicted molar refractivity (Wildman–Crippen MR) is 136 cm³/mol. The van der Waals surface area contributed by atoms with E-state index in [1.54, 1.807) is 42.5 Å². The Bertz CT molecular complexity index is 1270. The van der Waals surface area contributed by atoms with Crippen LogP contribution in [-0.4, -0.2) is 42.0 Å². The number of hydrogen-bond acceptors (Lipinski definition) is 6. The van der Waals surface area contributed by atoms with Crippen molar-refractivity contribution in [1.29, 1.82) is 0 Å². The number of benzene rings is 3. The predicted octanol–water partition coefficient (Wildman–Crippen LogP) is 5.11. The maximum absolute atomic E-state index is 13.3. The van der Waals surface area contributed by atoms with Gasteiger partial charge in [0.05, 0.1) is 31.9 Å². The van der Waals surface area contributed by atoms with Crippen molar-refractivity contribution >= 4 is 17.4 Å². The Kier molecular flexibility index (Phi) is 7.59. The smallest absolute Gasteiger partial charge is 0.295 e. The summed E-state index contributed by atoms with van der Waals surface area (Å²) >= 11 is 0. The van der Waals surface area contributed by atoms with Crippen molar-refractivity contribution in [3.05, 3.63) is 95.1 Å². The molecule has 0 aromatic heterocycles. The number of ether oxygens (including phenoxy) is 3. The van der Waals surface area contributed by atoms with E-state index in [1.807, 2.05) is 44.2 Å². The SMILES string of the molecule is CCOc1ccc(/C(O)=C2\C(=O)C(=O)N(Cc3ccccc3)C2c2ccc(OCC)c(OC)c2)cc1. The highest BCUT2D eigenvalue weighted by Gasteiger charge is 2.46. The standard InChI is InChI=1S/C29H29NO6/c1-4-35-22-14-11-20(12-15-22)27(31)25-26(21-13-16-23(36-5-2)24(17-21)34-3)30(29(33)28(25)32)18-19-9-7-6-8-10-19/h6-17,26,31H,4-5,18H2,1-3H3/b27-25+. The molecule has 36 heavy (non-hydrogen) atoms. The molecule has 4 rings (SSSR count). The molecule has 0 aliphatic carbocycles. The average Bonchev–Trinajstić information content (AvgIpc) is 3.15. The lowest BCUT2D eigenvalue weighted by atomic mass is 9.94. The number of Topliss-reactive ketones (excluding diaryl/α,β-unsaturated/α-hetero) is 1. The molecule has 186 valence electrons. The number of rotatable bonds is 9. The quantitative estimate of drug-likeness (QED) is 0.256. The molecule has 1 N–H and O–H groups in total. The van der Waals surface area contributed by atoms with Gasteiger partial charge in [0.25, 0.3) is 11.7 Å². The third-order valence-electron chi connectivity index (χ3n) is 5.98. The summed E-state index contributed by atoms with van der Waals surface area (Å²) in [5, 5.41) is 11.3. The van der Waals surface area contributed by atoms with Crippen LogP contribution in [0, 0.1) is 0 Å². The highest BCUT2D eigenvalue weighted by molar-refractivity contribution is 6.46. The number of ketones is 1. The number of methoxy groups -OCH3 is 1. The second-order valence-corrected chi connectivity index (χ2v) is 8.21. The Morgan fingerprint density at radius 3 is 2.22 bits per heavy atom. The molecule has 3 aromatic rings. The highest BCUT2D eigenvalue weighted by atomic mass is 16.5. The van der Waals surface area contributed by atoms with Gasteiger partial charge < -0.3 is 24.2 Å². The summed E-state index contributed by atoms with van der Waals surface area (Å²) in [6.45, 7) is 4.92. The van der Waals surface area contributed by atoms with Crippen LogP contribution >= 0.6 is 0 Å². The molecule has 1 aliphatic rings. The van der Waals surface area contributed by atoms with Gasteiger partial charge in [0, 0.05) is 12.1 Å². The molecular weight excluding hydrogens is 458 g/mol. The molecule has 1 amide bonds. The third-order valence-corrected chi connectivity index (χ3v) is 5.98. The van der Waals surface area contributed by atoms with E-state index < -0.39 is 17.7 Å². The van der Waals surface area contributed by atoms with Crippen LogP contribution in [0.1, 0.15) is 36.6 Å². The van der Waals surface area contributed by atoms with E-state index in [9.17, 15) is 14.7 Å². The Morgan fingerprint density at radius 1 is 0.889 bits per heavy atom. The maximum atomic E-state index is 13.3. The molecule has 1 aliphatic heterocycles. The summed E-state index contributed by atoms with van der Waals surface area (Å²) in [4.78, 5) is 28.0. The van der Waals surface area contributed by atoms with Crippen molar-refractivity contribution in [3.8, 4) is 17.2 Å². The number of aliphatic hydroxyl groups excluding tert-OH is 1. The molecule has 7 heteroatoms. The number of aliphatic hydroxyl groups is 1. The summed E-state index contributed by atoms with van der Waals surface area (Å²) < 4.78 is 16.6. The molecule has 1 heterocycles. The molecule has 0 saturated carbocycles. The number of carbonyl (C=O) groups excluding carboxylic acids is 2. The first-order valence-electron chi connectivity index (χ1n) is 11.8. The van der Waals surface area contributed by atoms with Gasteiger partial charge in [-0.2, -0.15) is 0 Å². The van der Waals surface area contributed by atoms with Gasteiger partial charge in [0.2, 0.25) is 0 Å². The van der Waals surface area contributed by atoms with Gasteiger partial charge in [-0.15, -0.1) is 0 Å². The molecule has 1 unspecified atom stereocenters.